The van der Waals surface area contributed by atoms with Gasteiger partial charge in [-0.1, -0.05) is 76.2 Å². The normalized spacial score (nSPS) is 17.3. The molecule has 0 rings (SSSR count). The summed E-state index contributed by atoms with van der Waals surface area (Å²) in [6.07, 6.45) is 6.13. The van der Waals surface area contributed by atoms with Gasteiger partial charge in [-0.05, 0) is 137 Å². The van der Waals surface area contributed by atoms with E-state index < -0.39 is 0 Å². The van der Waals surface area contributed by atoms with E-state index in [4.69, 9.17) is 33.9 Å². The third-order valence-electron chi connectivity index (χ3n) is 9.49. The summed E-state index contributed by atoms with van der Waals surface area (Å²) in [4.78, 5) is 23.8. The van der Waals surface area contributed by atoms with E-state index in [-0.39, 0.29) is 35.6 Å². The molecular formula is C51H101N5O4. The van der Waals surface area contributed by atoms with Gasteiger partial charge in [0.1, 0.15) is 0 Å². The SMILES string of the molecule is CC(CC(C)C)=NC(C)COCC(C)N=C(C)CC(C)C.CCC(COCC(C)N=C(C)CC(C)C)(COCC(C)N=C(C)CC(C)C)COCC(C)N=C(C)CC(C)C. The van der Waals surface area contributed by atoms with E-state index in [1.165, 1.54) is 28.6 Å². The Morgan fingerprint density at radius 1 is 0.333 bits per heavy atom. The van der Waals surface area contributed by atoms with Crippen LogP contribution in [0, 0.1) is 35.0 Å². The third kappa shape index (κ3) is 36.8. The molecule has 5 atom stereocenters. The fourth-order valence-corrected chi connectivity index (χ4v) is 7.46. The molecule has 0 saturated carbocycles. The molecule has 9 heteroatoms. The lowest BCUT2D eigenvalue weighted by Crippen LogP contribution is -2.38. The Morgan fingerprint density at radius 3 is 0.683 bits per heavy atom. The van der Waals surface area contributed by atoms with Crippen molar-refractivity contribution in [3.8, 4) is 0 Å². The smallest absolute Gasteiger partial charge is 0.0704 e. The molecule has 0 aromatic rings. The maximum absolute atomic E-state index is 6.27. The molecule has 0 fully saturated rings. The number of aliphatic imine (C=N–C) groups is 5. The van der Waals surface area contributed by atoms with Gasteiger partial charge in [-0.2, -0.15) is 0 Å². The summed E-state index contributed by atoms with van der Waals surface area (Å²) in [5.41, 5.74) is 5.81. The van der Waals surface area contributed by atoms with E-state index in [2.05, 4.69) is 155 Å². The first-order chi connectivity index (χ1) is 27.9. The molecule has 0 aromatic heterocycles. The van der Waals surface area contributed by atoms with Crippen molar-refractivity contribution in [3.63, 3.8) is 0 Å². The molecule has 0 aliphatic rings. The second-order valence-electron chi connectivity index (χ2n) is 20.5. The van der Waals surface area contributed by atoms with Crippen molar-refractivity contribution in [1.82, 2.24) is 0 Å². The first-order valence-corrected chi connectivity index (χ1v) is 23.9. The van der Waals surface area contributed by atoms with Crippen LogP contribution in [0.2, 0.25) is 0 Å². The van der Waals surface area contributed by atoms with Gasteiger partial charge in [0.15, 0.2) is 0 Å². The first-order valence-electron chi connectivity index (χ1n) is 23.9. The van der Waals surface area contributed by atoms with Gasteiger partial charge >= 0.3 is 0 Å². The zero-order valence-corrected chi connectivity index (χ0v) is 43.5. The number of ether oxygens (including phenoxy) is 4. The van der Waals surface area contributed by atoms with Gasteiger partial charge < -0.3 is 18.9 Å². The van der Waals surface area contributed by atoms with Crippen LogP contribution in [0.5, 0.6) is 0 Å². The summed E-state index contributed by atoms with van der Waals surface area (Å²) in [6, 6.07) is 0.874. The highest BCUT2D eigenvalue weighted by Crippen LogP contribution is 2.25. The third-order valence-corrected chi connectivity index (χ3v) is 9.49. The Labute approximate surface area is 373 Å². The fourth-order valence-electron chi connectivity index (χ4n) is 7.46. The number of rotatable bonds is 32. The molecular weight excluding hydrogens is 747 g/mol. The molecule has 0 aliphatic heterocycles. The van der Waals surface area contributed by atoms with Crippen molar-refractivity contribution < 1.29 is 18.9 Å². The van der Waals surface area contributed by atoms with Crippen LogP contribution in [0.15, 0.2) is 25.0 Å². The molecule has 0 saturated heterocycles. The standard InChI is InChI=1S/C33H65N3O3.C18H36N2O/c1-14-33(21-37-18-30(11)34-27(8)15-24(2)3,22-38-19-31(12)35-28(9)16-25(4)5)23-39-20-32(13)36-29(10)17-26(6)7;1-13(2)9-15(5)19-17(7)11-21-12-18(8)20-16(6)10-14(3)4/h24-26,30-32H,14-23H2,1-13H3;13-14,17-18H,9-12H2,1-8H3. The molecule has 0 bridgehead atoms. The van der Waals surface area contributed by atoms with Crippen LogP contribution in [0.1, 0.15) is 184 Å². The van der Waals surface area contributed by atoms with Crippen molar-refractivity contribution in [1.29, 1.82) is 0 Å². The van der Waals surface area contributed by atoms with Gasteiger partial charge in [0.25, 0.3) is 0 Å². The summed E-state index contributed by atoms with van der Waals surface area (Å²) in [5.74, 6) is 3.18. The summed E-state index contributed by atoms with van der Waals surface area (Å²) < 4.78 is 24.6. The zero-order chi connectivity index (χ0) is 46.4. The Bertz CT molecular complexity index is 1110. The Morgan fingerprint density at radius 2 is 0.517 bits per heavy atom. The van der Waals surface area contributed by atoms with Crippen LogP contribution >= 0.6 is 0 Å². The lowest BCUT2D eigenvalue weighted by Gasteiger charge is -2.33. The molecule has 0 radical (unpaired) electrons. The number of hydrogen-bond acceptors (Lipinski definition) is 9. The van der Waals surface area contributed by atoms with Gasteiger partial charge in [0.05, 0.1) is 83.1 Å². The number of hydrogen-bond donors (Lipinski definition) is 0. The van der Waals surface area contributed by atoms with Crippen molar-refractivity contribution in [2.24, 2.45) is 60.0 Å². The topological polar surface area (TPSA) is 98.7 Å². The molecule has 0 N–H and O–H groups in total. The second-order valence-corrected chi connectivity index (χ2v) is 20.5. The molecule has 0 aromatic carbocycles. The minimum absolute atomic E-state index is 0.136. The molecule has 354 valence electrons. The van der Waals surface area contributed by atoms with Crippen molar-refractivity contribution in [2.45, 2.75) is 214 Å². The van der Waals surface area contributed by atoms with Gasteiger partial charge in [0, 0.05) is 34.0 Å². The highest BCUT2D eigenvalue weighted by Gasteiger charge is 2.30. The minimum atomic E-state index is -0.219. The maximum Gasteiger partial charge on any atom is 0.0704 e. The van der Waals surface area contributed by atoms with Gasteiger partial charge in [-0.25, -0.2) is 0 Å². The quantitative estimate of drug-likeness (QED) is 0.0630. The summed E-state index contributed by atoms with van der Waals surface area (Å²) in [7, 11) is 0. The lowest BCUT2D eigenvalue weighted by molar-refractivity contribution is -0.0748. The van der Waals surface area contributed by atoms with Crippen molar-refractivity contribution in [3.05, 3.63) is 0 Å². The van der Waals surface area contributed by atoms with Crippen molar-refractivity contribution in [2.75, 3.05) is 52.9 Å². The predicted octanol–water partition coefficient (Wildman–Crippen LogP) is 12.9. The van der Waals surface area contributed by atoms with Gasteiger partial charge in [-0.15, -0.1) is 0 Å². The van der Waals surface area contributed by atoms with Crippen LogP contribution in [0.25, 0.3) is 0 Å². The molecule has 5 unspecified atom stereocenters. The van der Waals surface area contributed by atoms with E-state index in [9.17, 15) is 0 Å². The second kappa shape index (κ2) is 34.6. The monoisotopic (exact) mass is 848 g/mol. The predicted molar refractivity (Wildman–Crippen MR) is 266 cm³/mol. The van der Waals surface area contributed by atoms with Crippen LogP contribution in [0.3, 0.4) is 0 Å². The molecule has 0 spiro atoms. The molecule has 0 amide bonds. The van der Waals surface area contributed by atoms with Crippen molar-refractivity contribution >= 4 is 28.6 Å². The average Bonchev–Trinajstić information content (AvgIpc) is 3.06. The van der Waals surface area contributed by atoms with E-state index in [0.29, 0.717) is 82.4 Å². The van der Waals surface area contributed by atoms with E-state index in [1.807, 2.05) is 0 Å². The van der Waals surface area contributed by atoms with Crippen LogP contribution in [-0.4, -0.2) is 112 Å². The molecule has 60 heavy (non-hydrogen) atoms. The average molecular weight is 848 g/mol. The highest BCUT2D eigenvalue weighted by molar-refractivity contribution is 5.83. The summed E-state index contributed by atoms with van der Waals surface area (Å²) in [6.45, 7) is 50.5. The Hall–Kier alpha value is -1.81. The van der Waals surface area contributed by atoms with Gasteiger partial charge in [0.2, 0.25) is 0 Å². The van der Waals surface area contributed by atoms with E-state index in [0.717, 1.165) is 38.5 Å². The van der Waals surface area contributed by atoms with Crippen LogP contribution < -0.4 is 0 Å². The van der Waals surface area contributed by atoms with Crippen LogP contribution in [-0.2, 0) is 18.9 Å². The minimum Gasteiger partial charge on any atom is -0.378 e. The largest absolute Gasteiger partial charge is 0.378 e. The first kappa shape index (κ1) is 60.3. The highest BCUT2D eigenvalue weighted by atomic mass is 16.5. The van der Waals surface area contributed by atoms with Gasteiger partial charge in [-0.3, -0.25) is 25.0 Å². The van der Waals surface area contributed by atoms with E-state index >= 15 is 0 Å². The van der Waals surface area contributed by atoms with Crippen LogP contribution in [0.4, 0.5) is 0 Å². The molecule has 9 nitrogen and oxygen atoms in total. The van der Waals surface area contributed by atoms with E-state index in [1.54, 1.807) is 0 Å². The fraction of sp³-hybridized carbons (Fsp3) is 0.902. The Balaban J connectivity index is 0. The Kier molecular flexibility index (Phi) is 34.8. The lowest BCUT2D eigenvalue weighted by atomic mass is 9.88. The molecule has 0 heterocycles. The number of nitrogens with zero attached hydrogens (tertiary/aromatic N) is 5. The summed E-state index contributed by atoms with van der Waals surface area (Å²) >= 11 is 0. The molecule has 0 aliphatic carbocycles. The maximum atomic E-state index is 6.27. The summed E-state index contributed by atoms with van der Waals surface area (Å²) in [5, 5.41) is 0. The zero-order valence-electron chi connectivity index (χ0n) is 43.5.